The minimum absolute atomic E-state index is 0.00244. The Balaban J connectivity index is 2.87. The van der Waals surface area contributed by atoms with Gasteiger partial charge >= 0.3 is 0 Å². The third kappa shape index (κ3) is 3.63. The van der Waals surface area contributed by atoms with E-state index in [1.807, 2.05) is 6.92 Å². The van der Waals surface area contributed by atoms with Crippen molar-refractivity contribution in [2.24, 2.45) is 5.41 Å². The molecule has 0 aliphatic carbocycles. The highest BCUT2D eigenvalue weighted by atomic mass is 35.5. The summed E-state index contributed by atoms with van der Waals surface area (Å²) in [6.07, 6.45) is 0. The molecule has 1 rings (SSSR count). The number of rotatable bonds is 2. The van der Waals surface area contributed by atoms with Crippen molar-refractivity contribution in [3.8, 4) is 0 Å². The third-order valence-corrected chi connectivity index (χ3v) is 3.21. The molecule has 0 spiro atoms. The predicted molar refractivity (Wildman–Crippen MR) is 72.2 cm³/mol. The zero-order valence-corrected chi connectivity index (χ0v) is 11.4. The fourth-order valence-electron chi connectivity index (χ4n) is 1.21. The molecule has 4 heteroatoms. The van der Waals surface area contributed by atoms with Crippen LogP contribution in [0.15, 0.2) is 18.2 Å². The van der Waals surface area contributed by atoms with Crippen LogP contribution in [0.5, 0.6) is 0 Å². The number of halogens is 1. The maximum Gasteiger partial charge on any atom is 0.253 e. The molecule has 1 unspecified atom stereocenters. The highest BCUT2D eigenvalue weighted by Crippen LogP contribution is 2.22. The van der Waals surface area contributed by atoms with Crippen LogP contribution in [-0.4, -0.2) is 11.9 Å². The summed E-state index contributed by atoms with van der Waals surface area (Å²) in [5.74, 6) is -0.190. The van der Waals surface area contributed by atoms with Crippen molar-refractivity contribution < 1.29 is 4.79 Å². The van der Waals surface area contributed by atoms with E-state index in [0.29, 0.717) is 16.3 Å². The first-order chi connectivity index (χ1) is 7.71. The molecule has 1 amide bonds. The molecule has 0 aromatic heterocycles. The van der Waals surface area contributed by atoms with E-state index in [-0.39, 0.29) is 17.4 Å². The molecule has 94 valence electrons. The lowest BCUT2D eigenvalue weighted by Gasteiger charge is -2.28. The molecule has 1 aromatic carbocycles. The molecule has 0 heterocycles. The summed E-state index contributed by atoms with van der Waals surface area (Å²) in [6.45, 7) is 8.18. The Kier molecular flexibility index (Phi) is 4.04. The molecule has 0 fully saturated rings. The van der Waals surface area contributed by atoms with Crippen molar-refractivity contribution in [1.82, 2.24) is 5.32 Å². The van der Waals surface area contributed by atoms with Crippen LogP contribution < -0.4 is 11.1 Å². The highest BCUT2D eigenvalue weighted by Gasteiger charge is 2.23. The molecule has 0 radical (unpaired) electrons. The topological polar surface area (TPSA) is 55.1 Å². The van der Waals surface area contributed by atoms with Crippen molar-refractivity contribution in [2.75, 3.05) is 5.73 Å². The maximum absolute atomic E-state index is 12.0. The number of carbonyl (C=O) groups excluding carboxylic acids is 1. The summed E-state index contributed by atoms with van der Waals surface area (Å²) in [4.78, 5) is 12.0. The molecule has 1 atom stereocenters. The van der Waals surface area contributed by atoms with E-state index in [4.69, 9.17) is 17.3 Å². The lowest BCUT2D eigenvalue weighted by molar-refractivity contribution is 0.0910. The normalized spacial score (nSPS) is 13.2. The SMILES string of the molecule is CC(NC(=O)c1cc(N)ccc1Cl)C(C)(C)C. The molecule has 3 N–H and O–H groups in total. The van der Waals surface area contributed by atoms with Crippen LogP contribution in [0.3, 0.4) is 0 Å². The van der Waals surface area contributed by atoms with Gasteiger partial charge < -0.3 is 11.1 Å². The lowest BCUT2D eigenvalue weighted by atomic mass is 9.88. The van der Waals surface area contributed by atoms with Crippen molar-refractivity contribution in [3.63, 3.8) is 0 Å². The van der Waals surface area contributed by atoms with Crippen molar-refractivity contribution in [2.45, 2.75) is 33.7 Å². The number of nitrogen functional groups attached to an aromatic ring is 1. The van der Waals surface area contributed by atoms with Gasteiger partial charge in [-0.25, -0.2) is 0 Å². The number of benzene rings is 1. The summed E-state index contributed by atoms with van der Waals surface area (Å²) in [7, 11) is 0. The predicted octanol–water partition coefficient (Wildman–Crippen LogP) is 3.09. The molecule has 0 saturated heterocycles. The zero-order chi connectivity index (χ0) is 13.2. The van der Waals surface area contributed by atoms with Gasteiger partial charge in [0.05, 0.1) is 10.6 Å². The van der Waals surface area contributed by atoms with Gasteiger partial charge in [-0.05, 0) is 30.5 Å². The number of anilines is 1. The van der Waals surface area contributed by atoms with Gasteiger partial charge in [0.15, 0.2) is 0 Å². The van der Waals surface area contributed by atoms with Gasteiger partial charge in [-0.2, -0.15) is 0 Å². The van der Waals surface area contributed by atoms with E-state index in [2.05, 4.69) is 26.1 Å². The van der Waals surface area contributed by atoms with Crippen LogP contribution >= 0.6 is 11.6 Å². The van der Waals surface area contributed by atoms with Crippen LogP contribution in [-0.2, 0) is 0 Å². The number of nitrogens with two attached hydrogens (primary N) is 1. The minimum Gasteiger partial charge on any atom is -0.399 e. The third-order valence-electron chi connectivity index (χ3n) is 2.88. The summed E-state index contributed by atoms with van der Waals surface area (Å²) < 4.78 is 0. The average molecular weight is 255 g/mol. The van der Waals surface area contributed by atoms with Gasteiger partial charge in [-0.1, -0.05) is 32.4 Å². The van der Waals surface area contributed by atoms with E-state index in [0.717, 1.165) is 0 Å². The van der Waals surface area contributed by atoms with Crippen molar-refractivity contribution in [1.29, 1.82) is 0 Å². The van der Waals surface area contributed by atoms with Crippen LogP contribution in [0.25, 0.3) is 0 Å². The van der Waals surface area contributed by atoms with Crippen LogP contribution in [0.2, 0.25) is 5.02 Å². The second-order valence-electron chi connectivity index (χ2n) is 5.30. The Morgan fingerprint density at radius 2 is 2.00 bits per heavy atom. The maximum atomic E-state index is 12.0. The quantitative estimate of drug-likeness (QED) is 0.797. The molecular formula is C13H19ClN2O. The monoisotopic (exact) mass is 254 g/mol. The van der Waals surface area contributed by atoms with Gasteiger partial charge in [-0.3, -0.25) is 4.79 Å². The summed E-state index contributed by atoms with van der Waals surface area (Å²) in [5, 5.41) is 3.34. The van der Waals surface area contributed by atoms with Crippen LogP contribution in [0, 0.1) is 5.41 Å². The fourth-order valence-corrected chi connectivity index (χ4v) is 1.41. The average Bonchev–Trinajstić information content (AvgIpc) is 2.20. The van der Waals surface area contributed by atoms with Crippen LogP contribution in [0.4, 0.5) is 5.69 Å². The van der Waals surface area contributed by atoms with Gasteiger partial charge in [-0.15, -0.1) is 0 Å². The van der Waals surface area contributed by atoms with Crippen molar-refractivity contribution in [3.05, 3.63) is 28.8 Å². The Bertz CT molecular complexity index is 424. The first-order valence-electron chi connectivity index (χ1n) is 5.57. The van der Waals surface area contributed by atoms with Crippen LogP contribution in [0.1, 0.15) is 38.1 Å². The molecule has 0 bridgehead atoms. The molecule has 3 nitrogen and oxygen atoms in total. The Morgan fingerprint density at radius 1 is 1.41 bits per heavy atom. The lowest BCUT2D eigenvalue weighted by Crippen LogP contribution is -2.41. The molecule has 0 aliphatic rings. The highest BCUT2D eigenvalue weighted by molar-refractivity contribution is 6.34. The van der Waals surface area contributed by atoms with E-state index in [1.54, 1.807) is 18.2 Å². The summed E-state index contributed by atoms with van der Waals surface area (Å²) in [5.41, 5.74) is 6.60. The Labute approximate surface area is 107 Å². The Morgan fingerprint density at radius 3 is 2.53 bits per heavy atom. The van der Waals surface area contributed by atoms with E-state index in [9.17, 15) is 4.79 Å². The molecule has 1 aromatic rings. The molecule has 0 saturated carbocycles. The van der Waals surface area contributed by atoms with E-state index >= 15 is 0 Å². The first-order valence-corrected chi connectivity index (χ1v) is 5.95. The van der Waals surface area contributed by atoms with E-state index in [1.165, 1.54) is 0 Å². The largest absolute Gasteiger partial charge is 0.399 e. The number of hydrogen-bond donors (Lipinski definition) is 2. The molecule has 0 aliphatic heterocycles. The van der Waals surface area contributed by atoms with Crippen molar-refractivity contribution >= 4 is 23.2 Å². The van der Waals surface area contributed by atoms with Gasteiger partial charge in [0.25, 0.3) is 5.91 Å². The summed E-state index contributed by atoms with van der Waals surface area (Å²) >= 11 is 5.97. The smallest absolute Gasteiger partial charge is 0.253 e. The number of amides is 1. The first kappa shape index (κ1) is 13.8. The van der Waals surface area contributed by atoms with Gasteiger partial charge in [0, 0.05) is 11.7 Å². The second-order valence-corrected chi connectivity index (χ2v) is 5.71. The second kappa shape index (κ2) is 4.96. The van der Waals surface area contributed by atoms with Gasteiger partial charge in [0.1, 0.15) is 0 Å². The molecule has 17 heavy (non-hydrogen) atoms. The zero-order valence-electron chi connectivity index (χ0n) is 10.7. The standard InChI is InChI=1S/C13H19ClN2O/c1-8(13(2,3)4)16-12(17)10-7-9(15)5-6-11(10)14/h5-8H,15H2,1-4H3,(H,16,17). The fraction of sp³-hybridized carbons (Fsp3) is 0.462. The number of carbonyl (C=O) groups is 1. The number of hydrogen-bond acceptors (Lipinski definition) is 2. The Hall–Kier alpha value is -1.22. The number of nitrogens with one attached hydrogen (secondary N) is 1. The summed E-state index contributed by atoms with van der Waals surface area (Å²) in [6, 6.07) is 4.94. The van der Waals surface area contributed by atoms with E-state index < -0.39 is 0 Å². The molecular weight excluding hydrogens is 236 g/mol. The van der Waals surface area contributed by atoms with Gasteiger partial charge in [0.2, 0.25) is 0 Å². The minimum atomic E-state index is -0.190.